The Morgan fingerprint density at radius 3 is 3.06 bits per heavy atom. The molecule has 5 nitrogen and oxygen atoms in total. The molecular formula is C13H18N2O3. The van der Waals surface area contributed by atoms with E-state index in [9.17, 15) is 9.90 Å². The van der Waals surface area contributed by atoms with Gasteiger partial charge in [-0.05, 0) is 31.9 Å². The van der Waals surface area contributed by atoms with Gasteiger partial charge in [0.1, 0.15) is 5.82 Å². The van der Waals surface area contributed by atoms with Crippen LogP contribution in [0.3, 0.4) is 0 Å². The number of carbonyl (C=O) groups excluding carboxylic acids is 1. The van der Waals surface area contributed by atoms with Crippen LogP contribution in [0, 0.1) is 0 Å². The van der Waals surface area contributed by atoms with Gasteiger partial charge in [0.2, 0.25) is 0 Å². The summed E-state index contributed by atoms with van der Waals surface area (Å²) in [5.41, 5.74) is 0.459. The Morgan fingerprint density at radius 1 is 1.61 bits per heavy atom. The van der Waals surface area contributed by atoms with Gasteiger partial charge in [-0.15, -0.1) is 0 Å². The largest absolute Gasteiger partial charge is 0.462 e. The van der Waals surface area contributed by atoms with Crippen LogP contribution in [0.5, 0.6) is 0 Å². The van der Waals surface area contributed by atoms with Crippen molar-refractivity contribution in [1.82, 2.24) is 4.98 Å². The molecule has 0 radical (unpaired) electrons. The van der Waals surface area contributed by atoms with Crippen molar-refractivity contribution in [3.05, 3.63) is 23.9 Å². The normalized spacial score (nSPS) is 19.0. The van der Waals surface area contributed by atoms with Gasteiger partial charge in [0, 0.05) is 12.7 Å². The van der Waals surface area contributed by atoms with Crippen molar-refractivity contribution in [1.29, 1.82) is 0 Å². The summed E-state index contributed by atoms with van der Waals surface area (Å²) in [7, 11) is 0. The van der Waals surface area contributed by atoms with Crippen LogP contribution in [0.1, 0.15) is 30.1 Å². The van der Waals surface area contributed by atoms with E-state index < -0.39 is 0 Å². The molecule has 1 atom stereocenters. The average molecular weight is 250 g/mol. The standard InChI is InChI=1S/C13H18N2O3/c1-2-18-13(17)10-5-6-12(14-8-10)15-7-3-4-11(15)9-16/h5-6,8,11,16H,2-4,7,9H2,1H3. The summed E-state index contributed by atoms with van der Waals surface area (Å²) >= 11 is 0. The van der Waals surface area contributed by atoms with Crippen LogP contribution >= 0.6 is 0 Å². The van der Waals surface area contributed by atoms with Crippen molar-refractivity contribution in [3.8, 4) is 0 Å². The molecule has 0 spiro atoms. The van der Waals surface area contributed by atoms with E-state index in [1.165, 1.54) is 6.20 Å². The smallest absolute Gasteiger partial charge is 0.339 e. The van der Waals surface area contributed by atoms with Crippen LogP contribution in [0.2, 0.25) is 0 Å². The van der Waals surface area contributed by atoms with Crippen LogP contribution in [0.15, 0.2) is 18.3 Å². The summed E-state index contributed by atoms with van der Waals surface area (Å²) in [6, 6.07) is 3.67. The molecule has 2 heterocycles. The molecule has 1 saturated heterocycles. The fourth-order valence-electron chi connectivity index (χ4n) is 2.22. The third-order valence-corrected chi connectivity index (χ3v) is 3.14. The van der Waals surface area contributed by atoms with E-state index in [-0.39, 0.29) is 18.6 Å². The topological polar surface area (TPSA) is 62.7 Å². The Kier molecular flexibility index (Phi) is 4.15. The molecule has 1 fully saturated rings. The Hall–Kier alpha value is -1.62. The highest BCUT2D eigenvalue weighted by atomic mass is 16.5. The van der Waals surface area contributed by atoms with E-state index >= 15 is 0 Å². The molecule has 1 aliphatic heterocycles. The van der Waals surface area contributed by atoms with E-state index in [4.69, 9.17) is 4.74 Å². The lowest BCUT2D eigenvalue weighted by Crippen LogP contribution is -2.32. The number of aromatic nitrogens is 1. The van der Waals surface area contributed by atoms with Crippen molar-refractivity contribution in [3.63, 3.8) is 0 Å². The molecule has 1 N–H and O–H groups in total. The Bertz CT molecular complexity index is 405. The maximum atomic E-state index is 11.5. The molecule has 0 aromatic carbocycles. The Morgan fingerprint density at radius 2 is 2.44 bits per heavy atom. The molecule has 98 valence electrons. The lowest BCUT2D eigenvalue weighted by atomic mass is 10.2. The minimum atomic E-state index is -0.350. The van der Waals surface area contributed by atoms with Gasteiger partial charge in [-0.2, -0.15) is 0 Å². The molecular weight excluding hydrogens is 232 g/mol. The predicted octanol–water partition coefficient (Wildman–Crippen LogP) is 1.22. The lowest BCUT2D eigenvalue weighted by molar-refractivity contribution is 0.0526. The molecule has 18 heavy (non-hydrogen) atoms. The fourth-order valence-corrected chi connectivity index (χ4v) is 2.22. The van der Waals surface area contributed by atoms with Gasteiger partial charge in [0.05, 0.1) is 24.8 Å². The summed E-state index contributed by atoms with van der Waals surface area (Å²) in [4.78, 5) is 17.8. The minimum absolute atomic E-state index is 0.140. The zero-order valence-electron chi connectivity index (χ0n) is 10.5. The van der Waals surface area contributed by atoms with Crippen LogP contribution in [-0.2, 0) is 4.74 Å². The first kappa shape index (κ1) is 12.8. The van der Waals surface area contributed by atoms with Gasteiger partial charge in [-0.3, -0.25) is 0 Å². The first-order valence-electron chi connectivity index (χ1n) is 6.27. The number of pyridine rings is 1. The molecule has 1 unspecified atom stereocenters. The minimum Gasteiger partial charge on any atom is -0.462 e. The highest BCUT2D eigenvalue weighted by molar-refractivity contribution is 5.89. The zero-order valence-corrected chi connectivity index (χ0v) is 10.5. The summed E-state index contributed by atoms with van der Waals surface area (Å²) in [5.74, 6) is 0.455. The number of nitrogens with zero attached hydrogens (tertiary/aromatic N) is 2. The fraction of sp³-hybridized carbons (Fsp3) is 0.538. The molecule has 2 rings (SSSR count). The number of hydrogen-bond acceptors (Lipinski definition) is 5. The zero-order chi connectivity index (χ0) is 13.0. The van der Waals surface area contributed by atoms with Crippen molar-refractivity contribution in [2.24, 2.45) is 0 Å². The Balaban J connectivity index is 2.10. The number of ether oxygens (including phenoxy) is 1. The van der Waals surface area contributed by atoms with Gasteiger partial charge in [0.15, 0.2) is 0 Å². The number of hydrogen-bond donors (Lipinski definition) is 1. The summed E-state index contributed by atoms with van der Waals surface area (Å²) in [6.45, 7) is 3.17. The lowest BCUT2D eigenvalue weighted by Gasteiger charge is -2.23. The van der Waals surface area contributed by atoms with E-state index in [2.05, 4.69) is 9.88 Å². The monoisotopic (exact) mass is 250 g/mol. The van der Waals surface area contributed by atoms with E-state index in [1.807, 2.05) is 0 Å². The summed E-state index contributed by atoms with van der Waals surface area (Å²) in [6.07, 6.45) is 3.57. The quantitative estimate of drug-likeness (QED) is 0.814. The first-order valence-corrected chi connectivity index (χ1v) is 6.27. The summed E-state index contributed by atoms with van der Waals surface area (Å²) in [5, 5.41) is 9.27. The molecule has 0 bridgehead atoms. The number of rotatable bonds is 4. The van der Waals surface area contributed by atoms with Gasteiger partial charge in [-0.1, -0.05) is 0 Å². The number of carbonyl (C=O) groups is 1. The van der Waals surface area contributed by atoms with Gasteiger partial charge in [0.25, 0.3) is 0 Å². The number of esters is 1. The molecule has 1 aliphatic rings. The van der Waals surface area contributed by atoms with Crippen LogP contribution < -0.4 is 4.90 Å². The highest BCUT2D eigenvalue weighted by Gasteiger charge is 2.24. The molecule has 0 saturated carbocycles. The number of aliphatic hydroxyl groups is 1. The van der Waals surface area contributed by atoms with E-state index in [0.29, 0.717) is 12.2 Å². The SMILES string of the molecule is CCOC(=O)c1ccc(N2CCCC2CO)nc1. The predicted molar refractivity (Wildman–Crippen MR) is 67.6 cm³/mol. The number of anilines is 1. The van der Waals surface area contributed by atoms with Crippen LogP contribution in [-0.4, -0.2) is 41.9 Å². The second kappa shape index (κ2) is 5.82. The molecule has 5 heteroatoms. The van der Waals surface area contributed by atoms with Crippen molar-refractivity contribution >= 4 is 11.8 Å². The van der Waals surface area contributed by atoms with Crippen molar-refractivity contribution in [2.45, 2.75) is 25.8 Å². The van der Waals surface area contributed by atoms with Crippen molar-refractivity contribution in [2.75, 3.05) is 24.7 Å². The maximum absolute atomic E-state index is 11.5. The van der Waals surface area contributed by atoms with E-state index in [0.717, 1.165) is 25.2 Å². The maximum Gasteiger partial charge on any atom is 0.339 e. The molecule has 0 aliphatic carbocycles. The second-order valence-electron chi connectivity index (χ2n) is 4.30. The van der Waals surface area contributed by atoms with Gasteiger partial charge < -0.3 is 14.7 Å². The highest BCUT2D eigenvalue weighted by Crippen LogP contribution is 2.23. The third-order valence-electron chi connectivity index (χ3n) is 3.14. The van der Waals surface area contributed by atoms with Gasteiger partial charge >= 0.3 is 5.97 Å². The second-order valence-corrected chi connectivity index (χ2v) is 4.30. The number of aliphatic hydroxyl groups excluding tert-OH is 1. The average Bonchev–Trinajstić information content (AvgIpc) is 2.87. The molecule has 1 aromatic rings. The summed E-state index contributed by atoms with van der Waals surface area (Å²) < 4.78 is 4.90. The first-order chi connectivity index (χ1) is 8.76. The van der Waals surface area contributed by atoms with Crippen LogP contribution in [0.4, 0.5) is 5.82 Å². The Labute approximate surface area is 106 Å². The van der Waals surface area contributed by atoms with E-state index in [1.54, 1.807) is 19.1 Å². The van der Waals surface area contributed by atoms with Crippen molar-refractivity contribution < 1.29 is 14.6 Å². The molecule has 0 amide bonds. The third kappa shape index (κ3) is 2.61. The van der Waals surface area contributed by atoms with Gasteiger partial charge in [-0.25, -0.2) is 9.78 Å². The molecule has 1 aromatic heterocycles. The van der Waals surface area contributed by atoms with Crippen LogP contribution in [0.25, 0.3) is 0 Å².